The summed E-state index contributed by atoms with van der Waals surface area (Å²) in [5, 5.41) is 0. The van der Waals surface area contributed by atoms with E-state index in [1.165, 1.54) is 51.4 Å². The van der Waals surface area contributed by atoms with Gasteiger partial charge in [0.15, 0.2) is 0 Å². The molecule has 4 aliphatic carbocycles. The molecule has 4 rings (SSSR count). The van der Waals surface area contributed by atoms with Gasteiger partial charge >= 0.3 is 0 Å². The number of hydrogen-bond acceptors (Lipinski definition) is 0. The molecule has 0 aromatic heterocycles. The van der Waals surface area contributed by atoms with Crippen LogP contribution in [0.25, 0.3) is 0 Å². The second-order valence-electron chi connectivity index (χ2n) is 11.6. The average Bonchev–Trinajstić information content (AvgIpc) is 3.13. The van der Waals surface area contributed by atoms with Crippen molar-refractivity contribution in [3.63, 3.8) is 0 Å². The smallest absolute Gasteiger partial charge is 0.0269 e. The maximum atomic E-state index is 2.63. The summed E-state index contributed by atoms with van der Waals surface area (Å²) in [6.45, 7) is 10.2. The van der Waals surface area contributed by atoms with Crippen LogP contribution < -0.4 is 0 Å². The van der Waals surface area contributed by atoms with Crippen molar-refractivity contribution in [3.05, 3.63) is 0 Å². The van der Waals surface area contributed by atoms with Crippen molar-refractivity contribution in [1.29, 1.82) is 0 Å². The van der Waals surface area contributed by atoms with Crippen LogP contribution in [-0.4, -0.2) is 0 Å². The van der Waals surface area contributed by atoms with E-state index in [2.05, 4.69) is 27.7 Å². The van der Waals surface area contributed by atoms with Gasteiger partial charge in [-0.15, -0.1) is 0 Å². The first kappa shape index (κ1) is 19.3. The molecule has 0 aromatic rings. The Hall–Kier alpha value is 0. The standard InChI is InChI=1S/C26H46/c1-5-21-12-13-25(21)18(2)14-24-17-26(24,4)19(3)8-6-9-20-15-23(16-20)22-10-7-11-22/h18-25H,5-17H2,1-4H3. The van der Waals surface area contributed by atoms with Crippen LogP contribution in [0.3, 0.4) is 0 Å². The summed E-state index contributed by atoms with van der Waals surface area (Å²) in [5.74, 6) is 8.56. The van der Waals surface area contributed by atoms with Gasteiger partial charge in [-0.1, -0.05) is 72.6 Å². The van der Waals surface area contributed by atoms with Crippen molar-refractivity contribution in [2.75, 3.05) is 0 Å². The van der Waals surface area contributed by atoms with Gasteiger partial charge in [0.2, 0.25) is 0 Å². The van der Waals surface area contributed by atoms with Crippen LogP contribution in [0, 0.1) is 52.8 Å². The lowest BCUT2D eigenvalue weighted by atomic mass is 9.61. The van der Waals surface area contributed by atoms with Crippen molar-refractivity contribution >= 4 is 0 Å². The van der Waals surface area contributed by atoms with Crippen LogP contribution in [0.5, 0.6) is 0 Å². The third kappa shape index (κ3) is 3.77. The fourth-order valence-corrected chi connectivity index (χ4v) is 7.26. The Morgan fingerprint density at radius 2 is 1.77 bits per heavy atom. The summed E-state index contributed by atoms with van der Waals surface area (Å²) >= 11 is 0. The number of rotatable bonds is 10. The predicted octanol–water partition coefficient (Wildman–Crippen LogP) is 8.11. The lowest BCUT2D eigenvalue weighted by molar-refractivity contribution is 0.0668. The monoisotopic (exact) mass is 358 g/mol. The van der Waals surface area contributed by atoms with Gasteiger partial charge in [0.05, 0.1) is 0 Å². The topological polar surface area (TPSA) is 0 Å². The number of hydrogen-bond donors (Lipinski definition) is 0. The van der Waals surface area contributed by atoms with Gasteiger partial charge in [0, 0.05) is 0 Å². The first-order valence-corrected chi connectivity index (χ1v) is 12.5. The SMILES string of the molecule is CCC1CCC1C(C)CC1CC1(C)C(C)CCCC1CC(C2CCC2)C1. The van der Waals surface area contributed by atoms with E-state index >= 15 is 0 Å². The Bertz CT molecular complexity index is 455. The normalized spacial score (nSPS) is 44.5. The predicted molar refractivity (Wildman–Crippen MR) is 113 cm³/mol. The maximum absolute atomic E-state index is 2.63. The third-order valence-corrected chi connectivity index (χ3v) is 10.3. The summed E-state index contributed by atoms with van der Waals surface area (Å²) in [6.07, 6.45) is 20.0. The lowest BCUT2D eigenvalue weighted by Gasteiger charge is -2.44. The summed E-state index contributed by atoms with van der Waals surface area (Å²) in [5.41, 5.74) is 0.702. The van der Waals surface area contributed by atoms with E-state index < -0.39 is 0 Å². The minimum atomic E-state index is 0.702. The van der Waals surface area contributed by atoms with E-state index in [1.807, 2.05) is 0 Å². The van der Waals surface area contributed by atoms with Gasteiger partial charge in [-0.2, -0.15) is 0 Å². The van der Waals surface area contributed by atoms with Gasteiger partial charge < -0.3 is 0 Å². The Morgan fingerprint density at radius 1 is 1.00 bits per heavy atom. The molecule has 4 aliphatic rings. The van der Waals surface area contributed by atoms with E-state index in [0.717, 1.165) is 47.3 Å². The molecule has 0 heterocycles. The molecule has 4 fully saturated rings. The molecule has 150 valence electrons. The summed E-state index contributed by atoms with van der Waals surface area (Å²) < 4.78 is 0. The molecule has 0 saturated heterocycles. The molecule has 0 bridgehead atoms. The summed E-state index contributed by atoms with van der Waals surface area (Å²) in [4.78, 5) is 0. The minimum Gasteiger partial charge on any atom is -0.0651 e. The Morgan fingerprint density at radius 3 is 2.35 bits per heavy atom. The van der Waals surface area contributed by atoms with Crippen molar-refractivity contribution < 1.29 is 0 Å². The second kappa shape index (κ2) is 7.79. The molecule has 0 amide bonds. The Kier molecular flexibility index (Phi) is 5.79. The van der Waals surface area contributed by atoms with Crippen LogP contribution in [0.1, 0.15) is 111 Å². The third-order valence-electron chi connectivity index (χ3n) is 10.3. The zero-order valence-electron chi connectivity index (χ0n) is 18.3. The van der Waals surface area contributed by atoms with Crippen molar-refractivity contribution in [2.45, 2.75) is 111 Å². The second-order valence-corrected chi connectivity index (χ2v) is 11.6. The van der Waals surface area contributed by atoms with Gasteiger partial charge in [0.25, 0.3) is 0 Å². The van der Waals surface area contributed by atoms with E-state index in [0.29, 0.717) is 5.41 Å². The van der Waals surface area contributed by atoms with Gasteiger partial charge in [-0.25, -0.2) is 0 Å². The van der Waals surface area contributed by atoms with Gasteiger partial charge in [0.1, 0.15) is 0 Å². The molecule has 0 spiro atoms. The summed E-state index contributed by atoms with van der Waals surface area (Å²) in [7, 11) is 0. The van der Waals surface area contributed by atoms with Gasteiger partial charge in [-0.3, -0.25) is 0 Å². The average molecular weight is 359 g/mol. The quantitative estimate of drug-likeness (QED) is 0.370. The van der Waals surface area contributed by atoms with E-state index in [4.69, 9.17) is 0 Å². The molecular formula is C26H46. The van der Waals surface area contributed by atoms with Crippen LogP contribution >= 0.6 is 0 Å². The molecular weight excluding hydrogens is 312 g/mol. The van der Waals surface area contributed by atoms with Crippen LogP contribution in [0.4, 0.5) is 0 Å². The molecule has 26 heavy (non-hydrogen) atoms. The molecule has 6 atom stereocenters. The molecule has 0 aromatic carbocycles. The molecule has 0 aliphatic heterocycles. The van der Waals surface area contributed by atoms with Crippen molar-refractivity contribution in [1.82, 2.24) is 0 Å². The molecule has 0 heteroatoms. The van der Waals surface area contributed by atoms with E-state index in [1.54, 1.807) is 32.1 Å². The zero-order valence-corrected chi connectivity index (χ0v) is 18.3. The molecule has 0 N–H and O–H groups in total. The van der Waals surface area contributed by atoms with Gasteiger partial charge in [-0.05, 0) is 91.3 Å². The first-order chi connectivity index (χ1) is 12.5. The Balaban J connectivity index is 1.11. The van der Waals surface area contributed by atoms with Crippen LogP contribution in [-0.2, 0) is 0 Å². The first-order valence-electron chi connectivity index (χ1n) is 12.5. The molecule has 0 radical (unpaired) electrons. The lowest BCUT2D eigenvalue weighted by Crippen LogP contribution is -2.33. The van der Waals surface area contributed by atoms with E-state index in [-0.39, 0.29) is 0 Å². The van der Waals surface area contributed by atoms with Crippen molar-refractivity contribution in [2.24, 2.45) is 52.8 Å². The van der Waals surface area contributed by atoms with Crippen molar-refractivity contribution in [3.8, 4) is 0 Å². The summed E-state index contributed by atoms with van der Waals surface area (Å²) in [6, 6.07) is 0. The molecule has 4 saturated carbocycles. The maximum Gasteiger partial charge on any atom is -0.0269 e. The largest absolute Gasteiger partial charge is 0.0651 e. The highest BCUT2D eigenvalue weighted by Crippen LogP contribution is 2.62. The van der Waals surface area contributed by atoms with Crippen LogP contribution in [0.2, 0.25) is 0 Å². The van der Waals surface area contributed by atoms with Crippen LogP contribution in [0.15, 0.2) is 0 Å². The highest BCUT2D eigenvalue weighted by atomic mass is 14.6. The molecule has 0 nitrogen and oxygen atoms in total. The Labute approximate surface area is 164 Å². The molecule has 6 unspecified atom stereocenters. The fraction of sp³-hybridized carbons (Fsp3) is 1.00. The van der Waals surface area contributed by atoms with E-state index in [9.17, 15) is 0 Å². The minimum absolute atomic E-state index is 0.702. The fourth-order valence-electron chi connectivity index (χ4n) is 7.26. The highest BCUT2D eigenvalue weighted by Gasteiger charge is 2.53. The zero-order chi connectivity index (χ0) is 18.3. The highest BCUT2D eigenvalue weighted by molar-refractivity contribution is 5.03.